The summed E-state index contributed by atoms with van der Waals surface area (Å²) < 4.78 is 5.94. The van der Waals surface area contributed by atoms with Gasteiger partial charge in [-0.15, -0.1) is 0 Å². The molecule has 0 radical (unpaired) electrons. The molecule has 2 aromatic rings. The maximum absolute atomic E-state index is 12.9. The molecule has 2 aliphatic rings. The minimum atomic E-state index is -0.0280. The number of ether oxygens (including phenoxy) is 1. The van der Waals surface area contributed by atoms with Crippen LogP contribution in [0.2, 0.25) is 0 Å². The zero-order valence-corrected chi connectivity index (χ0v) is 14.5. The van der Waals surface area contributed by atoms with Crippen molar-refractivity contribution < 1.29 is 9.53 Å². The zero-order valence-electron chi connectivity index (χ0n) is 14.5. The third-order valence-electron chi connectivity index (χ3n) is 5.17. The van der Waals surface area contributed by atoms with Crippen molar-refractivity contribution in [2.45, 2.75) is 18.7 Å². The van der Waals surface area contributed by atoms with Crippen LogP contribution in [0.4, 0.5) is 0 Å². The van der Waals surface area contributed by atoms with E-state index in [1.54, 1.807) is 24.3 Å². The van der Waals surface area contributed by atoms with Crippen molar-refractivity contribution in [3.05, 3.63) is 71.3 Å². The molecular weight excluding hydrogens is 326 g/mol. The SMILES string of the molecule is N#Cc1cccc(C(=O)N2C[C@@H]3OCCN(Cc4ccccc4)[C@H]3C2)c1. The molecule has 0 aromatic heterocycles. The topological polar surface area (TPSA) is 56.6 Å². The monoisotopic (exact) mass is 347 g/mol. The average Bonchev–Trinajstić information content (AvgIpc) is 3.13. The van der Waals surface area contributed by atoms with Gasteiger partial charge in [0.2, 0.25) is 0 Å². The first-order valence-corrected chi connectivity index (χ1v) is 8.93. The maximum Gasteiger partial charge on any atom is 0.254 e. The van der Waals surface area contributed by atoms with Crippen LogP contribution in [-0.4, -0.2) is 54.1 Å². The minimum absolute atomic E-state index is 0.0280. The molecule has 132 valence electrons. The van der Waals surface area contributed by atoms with Crippen molar-refractivity contribution in [3.8, 4) is 6.07 Å². The molecule has 4 rings (SSSR count). The molecule has 2 fully saturated rings. The summed E-state index contributed by atoms with van der Waals surface area (Å²) in [5.41, 5.74) is 2.35. The zero-order chi connectivity index (χ0) is 17.9. The van der Waals surface area contributed by atoms with Crippen LogP contribution in [0.3, 0.4) is 0 Å². The van der Waals surface area contributed by atoms with E-state index in [0.29, 0.717) is 30.8 Å². The van der Waals surface area contributed by atoms with E-state index >= 15 is 0 Å². The second kappa shape index (κ2) is 7.28. The summed E-state index contributed by atoms with van der Waals surface area (Å²) in [5, 5.41) is 9.05. The van der Waals surface area contributed by atoms with Crippen molar-refractivity contribution in [2.75, 3.05) is 26.2 Å². The van der Waals surface area contributed by atoms with Crippen molar-refractivity contribution in [2.24, 2.45) is 0 Å². The quantitative estimate of drug-likeness (QED) is 0.855. The highest BCUT2D eigenvalue weighted by Gasteiger charge is 2.41. The van der Waals surface area contributed by atoms with Gasteiger partial charge in [-0.25, -0.2) is 0 Å². The summed E-state index contributed by atoms with van der Waals surface area (Å²) >= 11 is 0. The van der Waals surface area contributed by atoms with Crippen molar-refractivity contribution in [3.63, 3.8) is 0 Å². The van der Waals surface area contributed by atoms with Gasteiger partial charge in [-0.3, -0.25) is 9.69 Å². The van der Waals surface area contributed by atoms with Gasteiger partial charge in [0.25, 0.3) is 5.91 Å². The first-order chi connectivity index (χ1) is 12.7. The predicted octanol–water partition coefficient (Wildman–Crippen LogP) is 2.28. The Balaban J connectivity index is 1.48. The second-order valence-electron chi connectivity index (χ2n) is 6.84. The first-order valence-electron chi connectivity index (χ1n) is 8.93. The number of nitriles is 1. The molecule has 0 spiro atoms. The highest BCUT2D eigenvalue weighted by molar-refractivity contribution is 5.94. The molecular formula is C21H21N3O2. The summed E-state index contributed by atoms with van der Waals surface area (Å²) in [4.78, 5) is 17.1. The van der Waals surface area contributed by atoms with Crippen LogP contribution < -0.4 is 0 Å². The molecule has 1 amide bonds. The van der Waals surface area contributed by atoms with E-state index in [-0.39, 0.29) is 18.1 Å². The summed E-state index contributed by atoms with van der Waals surface area (Å²) in [5.74, 6) is -0.0280. The summed E-state index contributed by atoms with van der Waals surface area (Å²) in [7, 11) is 0. The lowest BCUT2D eigenvalue weighted by Crippen LogP contribution is -2.50. The fraction of sp³-hybridized carbons (Fsp3) is 0.333. The molecule has 26 heavy (non-hydrogen) atoms. The molecule has 2 saturated heterocycles. The third kappa shape index (κ3) is 3.34. The van der Waals surface area contributed by atoms with Gasteiger partial charge in [-0.05, 0) is 23.8 Å². The molecule has 0 unspecified atom stereocenters. The van der Waals surface area contributed by atoms with Crippen LogP contribution in [0.25, 0.3) is 0 Å². The predicted molar refractivity (Wildman–Crippen MR) is 97.4 cm³/mol. The number of hydrogen-bond acceptors (Lipinski definition) is 4. The van der Waals surface area contributed by atoms with Gasteiger partial charge in [0.05, 0.1) is 30.4 Å². The third-order valence-corrected chi connectivity index (χ3v) is 5.17. The van der Waals surface area contributed by atoms with Gasteiger partial charge >= 0.3 is 0 Å². The molecule has 0 saturated carbocycles. The molecule has 5 heteroatoms. The van der Waals surface area contributed by atoms with Gasteiger partial charge in [0, 0.05) is 31.7 Å². The molecule has 0 bridgehead atoms. The molecule has 0 N–H and O–H groups in total. The standard InChI is InChI=1S/C21H21N3O2/c22-12-17-7-4-8-18(11-17)21(25)24-14-19-20(15-24)26-10-9-23(19)13-16-5-2-1-3-6-16/h1-8,11,19-20H,9-10,13-15H2/t19-,20-/m0/s1. The number of morpholine rings is 1. The summed E-state index contributed by atoms with van der Waals surface area (Å²) in [6, 6.07) is 19.6. The van der Waals surface area contributed by atoms with E-state index in [1.165, 1.54) is 5.56 Å². The van der Waals surface area contributed by atoms with E-state index in [2.05, 4.69) is 35.2 Å². The van der Waals surface area contributed by atoms with Crippen molar-refractivity contribution in [1.29, 1.82) is 5.26 Å². The lowest BCUT2D eigenvalue weighted by Gasteiger charge is -2.36. The molecule has 5 nitrogen and oxygen atoms in total. The molecule has 0 aliphatic carbocycles. The Bertz CT molecular complexity index is 831. The first kappa shape index (κ1) is 16.8. The van der Waals surface area contributed by atoms with Crippen LogP contribution >= 0.6 is 0 Å². The smallest absolute Gasteiger partial charge is 0.254 e. The highest BCUT2D eigenvalue weighted by Crippen LogP contribution is 2.26. The normalized spacial score (nSPS) is 22.7. The summed E-state index contributed by atoms with van der Waals surface area (Å²) in [6.45, 7) is 3.71. The van der Waals surface area contributed by atoms with Gasteiger partial charge in [0.15, 0.2) is 0 Å². The molecule has 2 aromatic carbocycles. The number of nitrogens with zero attached hydrogens (tertiary/aromatic N) is 3. The van der Waals surface area contributed by atoms with Gasteiger partial charge in [-0.2, -0.15) is 5.26 Å². The summed E-state index contributed by atoms with van der Waals surface area (Å²) in [6.07, 6.45) is 0.0514. The van der Waals surface area contributed by atoms with Gasteiger partial charge < -0.3 is 9.64 Å². The number of carbonyl (C=O) groups is 1. The van der Waals surface area contributed by atoms with E-state index < -0.39 is 0 Å². The Hall–Kier alpha value is -2.68. The molecule has 2 aliphatic heterocycles. The second-order valence-corrected chi connectivity index (χ2v) is 6.84. The van der Waals surface area contributed by atoms with E-state index in [4.69, 9.17) is 10.00 Å². The average molecular weight is 347 g/mol. The Morgan fingerprint density at radius 3 is 2.81 bits per heavy atom. The van der Waals surface area contributed by atoms with Crippen LogP contribution in [0.15, 0.2) is 54.6 Å². The Labute approximate surface area is 153 Å². The minimum Gasteiger partial charge on any atom is -0.373 e. The molecule has 2 heterocycles. The number of amides is 1. The highest BCUT2D eigenvalue weighted by atomic mass is 16.5. The number of likely N-dealkylation sites (tertiary alicyclic amines) is 1. The largest absolute Gasteiger partial charge is 0.373 e. The Kier molecular flexibility index (Phi) is 4.70. The number of fused-ring (bicyclic) bond motifs is 1. The van der Waals surface area contributed by atoms with Crippen molar-refractivity contribution in [1.82, 2.24) is 9.80 Å². The van der Waals surface area contributed by atoms with Gasteiger partial charge in [0.1, 0.15) is 0 Å². The lowest BCUT2D eigenvalue weighted by molar-refractivity contribution is -0.0503. The van der Waals surface area contributed by atoms with Crippen LogP contribution in [-0.2, 0) is 11.3 Å². The number of carbonyl (C=O) groups excluding carboxylic acids is 1. The number of rotatable bonds is 3. The maximum atomic E-state index is 12.9. The van der Waals surface area contributed by atoms with E-state index in [0.717, 1.165) is 13.1 Å². The number of hydrogen-bond donors (Lipinski definition) is 0. The fourth-order valence-corrected chi connectivity index (χ4v) is 3.84. The van der Waals surface area contributed by atoms with Crippen molar-refractivity contribution >= 4 is 5.91 Å². The van der Waals surface area contributed by atoms with Gasteiger partial charge in [-0.1, -0.05) is 36.4 Å². The van der Waals surface area contributed by atoms with E-state index in [1.807, 2.05) is 11.0 Å². The van der Waals surface area contributed by atoms with Crippen LogP contribution in [0, 0.1) is 11.3 Å². The van der Waals surface area contributed by atoms with E-state index in [9.17, 15) is 4.79 Å². The fourth-order valence-electron chi connectivity index (χ4n) is 3.84. The molecule has 2 atom stereocenters. The number of benzene rings is 2. The Morgan fingerprint density at radius 2 is 2.00 bits per heavy atom. The lowest BCUT2D eigenvalue weighted by atomic mass is 10.1. The van der Waals surface area contributed by atoms with Crippen LogP contribution in [0.1, 0.15) is 21.5 Å². The Morgan fingerprint density at radius 1 is 1.15 bits per heavy atom. The van der Waals surface area contributed by atoms with Crippen LogP contribution in [0.5, 0.6) is 0 Å².